The van der Waals surface area contributed by atoms with Crippen molar-refractivity contribution in [3.63, 3.8) is 0 Å². The number of hydrogen-bond donors (Lipinski definition) is 0. The highest BCUT2D eigenvalue weighted by molar-refractivity contribution is 9.10. The van der Waals surface area contributed by atoms with Gasteiger partial charge in [-0.2, -0.15) is 0 Å². The Kier molecular flexibility index (Phi) is 7.91. The van der Waals surface area contributed by atoms with Crippen LogP contribution in [0.5, 0.6) is 0 Å². The second-order valence-electron chi connectivity index (χ2n) is 10.3. The minimum absolute atomic E-state index is 0.0127. The van der Waals surface area contributed by atoms with Gasteiger partial charge in [0.2, 0.25) is 0 Å². The number of rotatable bonds is 6. The first-order valence-corrected chi connectivity index (χ1v) is 14.1. The number of fused-ring (bicyclic) bond motifs is 1. The van der Waals surface area contributed by atoms with Crippen molar-refractivity contribution in [3.8, 4) is 0 Å². The zero-order valence-electron chi connectivity index (χ0n) is 21.7. The molecule has 0 spiro atoms. The van der Waals surface area contributed by atoms with E-state index in [1.165, 1.54) is 12.8 Å². The normalized spacial score (nSPS) is 20.7. The Morgan fingerprint density at radius 1 is 1.08 bits per heavy atom. The van der Waals surface area contributed by atoms with Crippen LogP contribution in [0.4, 0.5) is 0 Å². The molecule has 7 heteroatoms. The largest absolute Gasteiger partial charge is 0.396 e. The fourth-order valence-electron chi connectivity index (χ4n) is 5.85. The molecule has 2 aliphatic rings. The van der Waals surface area contributed by atoms with Gasteiger partial charge in [-0.3, -0.25) is 14.7 Å². The van der Waals surface area contributed by atoms with E-state index in [1.807, 2.05) is 42.2 Å². The molecule has 1 amide bonds. The molecular formula is C30H35BrN4O2. The molecule has 3 aromatic rings. The molecule has 2 aromatic carbocycles. The maximum atomic E-state index is 13.5. The molecule has 1 aromatic heterocycles. The summed E-state index contributed by atoms with van der Waals surface area (Å²) in [4.78, 5) is 28.3. The molecule has 2 aliphatic heterocycles. The SMILES string of the molecule is CCO/N=C(/c1ccc(Br)cc1)C1CCCCN1C1(C)CCN(C(=O)c2cccc3cccnc23)CC1. The van der Waals surface area contributed by atoms with Gasteiger partial charge in [-0.05, 0) is 70.3 Å². The summed E-state index contributed by atoms with van der Waals surface area (Å²) in [5.41, 5.74) is 3.58. The van der Waals surface area contributed by atoms with Crippen molar-refractivity contribution in [1.82, 2.24) is 14.8 Å². The Bertz CT molecular complexity index is 1260. The molecule has 0 radical (unpaired) electrons. The first-order valence-electron chi connectivity index (χ1n) is 13.4. The monoisotopic (exact) mass is 562 g/mol. The number of benzene rings is 2. The van der Waals surface area contributed by atoms with Crippen LogP contribution in [0, 0.1) is 0 Å². The van der Waals surface area contributed by atoms with Gasteiger partial charge >= 0.3 is 0 Å². The number of carbonyl (C=O) groups excluding carboxylic acids is 1. The Labute approximate surface area is 227 Å². The van der Waals surface area contributed by atoms with Gasteiger partial charge in [0.05, 0.1) is 17.1 Å². The predicted molar refractivity (Wildman–Crippen MR) is 152 cm³/mol. The molecule has 0 aliphatic carbocycles. The van der Waals surface area contributed by atoms with Gasteiger partial charge in [-0.1, -0.05) is 57.8 Å². The number of para-hydroxylation sites is 1. The first-order chi connectivity index (χ1) is 18.0. The summed E-state index contributed by atoms with van der Waals surface area (Å²) in [6.45, 7) is 7.39. The van der Waals surface area contributed by atoms with Gasteiger partial charge in [-0.15, -0.1) is 0 Å². The third-order valence-corrected chi connectivity index (χ3v) is 8.46. The molecule has 0 N–H and O–H groups in total. The Morgan fingerprint density at radius 2 is 1.84 bits per heavy atom. The van der Waals surface area contributed by atoms with Crippen LogP contribution in [0.25, 0.3) is 10.9 Å². The van der Waals surface area contributed by atoms with E-state index >= 15 is 0 Å². The van der Waals surface area contributed by atoms with Crippen molar-refractivity contribution in [3.05, 3.63) is 76.4 Å². The second-order valence-corrected chi connectivity index (χ2v) is 11.2. The van der Waals surface area contributed by atoms with Gasteiger partial charge in [-0.25, -0.2) is 0 Å². The van der Waals surface area contributed by atoms with Crippen LogP contribution >= 0.6 is 15.9 Å². The van der Waals surface area contributed by atoms with Gasteiger partial charge in [0.15, 0.2) is 0 Å². The molecule has 0 saturated carbocycles. The summed E-state index contributed by atoms with van der Waals surface area (Å²) >= 11 is 3.56. The maximum Gasteiger partial charge on any atom is 0.256 e. The van der Waals surface area contributed by atoms with Crippen molar-refractivity contribution in [2.24, 2.45) is 5.16 Å². The number of hydrogen-bond acceptors (Lipinski definition) is 5. The molecule has 2 fully saturated rings. The summed E-state index contributed by atoms with van der Waals surface area (Å²) in [6, 6.07) is 18.4. The number of likely N-dealkylation sites (tertiary alicyclic amines) is 2. The number of oxime groups is 1. The van der Waals surface area contributed by atoms with Gasteiger partial charge in [0, 0.05) is 40.2 Å². The maximum absolute atomic E-state index is 13.5. The summed E-state index contributed by atoms with van der Waals surface area (Å²) < 4.78 is 1.05. The van der Waals surface area contributed by atoms with E-state index in [2.05, 4.69) is 62.2 Å². The Morgan fingerprint density at radius 3 is 2.59 bits per heavy atom. The molecule has 194 valence electrons. The van der Waals surface area contributed by atoms with E-state index < -0.39 is 0 Å². The number of pyridine rings is 1. The molecule has 1 unspecified atom stereocenters. The molecular weight excluding hydrogens is 528 g/mol. The van der Waals surface area contributed by atoms with Crippen molar-refractivity contribution in [1.29, 1.82) is 0 Å². The zero-order chi connectivity index (χ0) is 25.8. The third-order valence-electron chi connectivity index (χ3n) is 7.93. The standard InChI is InChI=1S/C30H35BrN4O2/c1-3-37-33-28(23-12-14-24(31)15-13-23)26-11-4-5-19-35(26)30(2)16-20-34(21-17-30)29(36)25-10-6-8-22-9-7-18-32-27(22)25/h6-10,12-15,18,26H,3-5,11,16-17,19-21H2,1-2H3/b33-28-. The van der Waals surface area contributed by atoms with Crippen LogP contribution in [0.1, 0.15) is 61.9 Å². The molecule has 5 rings (SSSR count). The lowest BCUT2D eigenvalue weighted by Crippen LogP contribution is -2.60. The topological polar surface area (TPSA) is 58.0 Å². The smallest absolute Gasteiger partial charge is 0.256 e. The van der Waals surface area contributed by atoms with Crippen LogP contribution in [0.2, 0.25) is 0 Å². The number of nitrogens with zero attached hydrogens (tertiary/aromatic N) is 4. The average molecular weight is 564 g/mol. The van der Waals surface area contributed by atoms with E-state index in [9.17, 15) is 4.79 Å². The molecule has 0 bridgehead atoms. The molecule has 37 heavy (non-hydrogen) atoms. The number of carbonyl (C=O) groups is 1. The van der Waals surface area contributed by atoms with Crippen LogP contribution < -0.4 is 0 Å². The van der Waals surface area contributed by atoms with Gasteiger partial charge in [0.25, 0.3) is 5.91 Å². The van der Waals surface area contributed by atoms with Crippen LogP contribution in [0.3, 0.4) is 0 Å². The van der Waals surface area contributed by atoms with Gasteiger partial charge in [0.1, 0.15) is 12.3 Å². The van der Waals surface area contributed by atoms with E-state index in [0.29, 0.717) is 12.2 Å². The minimum atomic E-state index is -0.0127. The predicted octanol–water partition coefficient (Wildman–Crippen LogP) is 6.29. The lowest BCUT2D eigenvalue weighted by atomic mass is 9.82. The van der Waals surface area contributed by atoms with Crippen molar-refractivity contribution < 1.29 is 9.63 Å². The van der Waals surface area contributed by atoms with Crippen LogP contribution in [-0.2, 0) is 4.84 Å². The Balaban J connectivity index is 1.36. The average Bonchev–Trinajstić information content (AvgIpc) is 2.94. The van der Waals surface area contributed by atoms with Crippen molar-refractivity contribution in [2.45, 2.75) is 57.5 Å². The number of piperidine rings is 2. The number of aromatic nitrogens is 1. The van der Waals surface area contributed by atoms with Crippen LogP contribution in [0.15, 0.2) is 70.4 Å². The van der Waals surface area contributed by atoms with E-state index in [-0.39, 0.29) is 17.5 Å². The second kappa shape index (κ2) is 11.3. The zero-order valence-corrected chi connectivity index (χ0v) is 23.3. The lowest BCUT2D eigenvalue weighted by molar-refractivity contribution is 0.00568. The highest BCUT2D eigenvalue weighted by Crippen LogP contribution is 2.36. The van der Waals surface area contributed by atoms with E-state index in [0.717, 1.165) is 65.5 Å². The summed E-state index contributed by atoms with van der Waals surface area (Å²) in [5.74, 6) is 0.0787. The van der Waals surface area contributed by atoms with E-state index in [4.69, 9.17) is 4.84 Å². The number of halogens is 1. The molecule has 2 saturated heterocycles. The molecule has 1 atom stereocenters. The quantitative estimate of drug-likeness (QED) is 0.262. The lowest BCUT2D eigenvalue weighted by Gasteiger charge is -2.51. The number of amides is 1. The Hall–Kier alpha value is -2.77. The van der Waals surface area contributed by atoms with Crippen molar-refractivity contribution >= 4 is 38.5 Å². The summed E-state index contributed by atoms with van der Waals surface area (Å²) in [6.07, 6.45) is 7.03. The molecule has 3 heterocycles. The van der Waals surface area contributed by atoms with Crippen LogP contribution in [-0.4, -0.2) is 64.2 Å². The fraction of sp³-hybridized carbons (Fsp3) is 0.433. The van der Waals surface area contributed by atoms with Gasteiger partial charge < -0.3 is 9.74 Å². The summed E-state index contributed by atoms with van der Waals surface area (Å²) in [5, 5.41) is 5.64. The summed E-state index contributed by atoms with van der Waals surface area (Å²) in [7, 11) is 0. The third kappa shape index (κ3) is 5.43. The van der Waals surface area contributed by atoms with E-state index in [1.54, 1.807) is 6.20 Å². The molecule has 6 nitrogen and oxygen atoms in total. The first kappa shape index (κ1) is 25.9. The minimum Gasteiger partial charge on any atom is -0.396 e. The fourth-order valence-corrected chi connectivity index (χ4v) is 6.11. The van der Waals surface area contributed by atoms with Crippen molar-refractivity contribution in [2.75, 3.05) is 26.2 Å². The highest BCUT2D eigenvalue weighted by atomic mass is 79.9. The highest BCUT2D eigenvalue weighted by Gasteiger charge is 2.43.